The van der Waals surface area contributed by atoms with Crippen LogP contribution < -0.4 is 14.9 Å². The summed E-state index contributed by atoms with van der Waals surface area (Å²) >= 11 is 6.12. The van der Waals surface area contributed by atoms with Crippen LogP contribution in [0.5, 0.6) is 0 Å². The van der Waals surface area contributed by atoms with Crippen LogP contribution in [0, 0.1) is 0 Å². The molecule has 10 heteroatoms. The number of fused-ring (bicyclic) bond motifs is 1. The maximum atomic E-state index is 13.1. The number of halogens is 1. The van der Waals surface area contributed by atoms with E-state index in [1.807, 2.05) is 24.3 Å². The molecular weight excluding hydrogens is 502 g/mol. The van der Waals surface area contributed by atoms with E-state index in [9.17, 15) is 18.0 Å². The van der Waals surface area contributed by atoms with Crippen molar-refractivity contribution >= 4 is 61.8 Å². The van der Waals surface area contributed by atoms with E-state index in [2.05, 4.69) is 10.6 Å². The first-order valence-electron chi connectivity index (χ1n) is 11.0. The minimum Gasteiger partial charge on any atom is -0.481 e. The summed E-state index contributed by atoms with van der Waals surface area (Å²) in [6.07, 6.45) is 1.46. The van der Waals surface area contributed by atoms with Crippen molar-refractivity contribution in [3.63, 3.8) is 0 Å². The van der Waals surface area contributed by atoms with Crippen LogP contribution >= 0.6 is 11.6 Å². The summed E-state index contributed by atoms with van der Waals surface area (Å²) in [6, 6.07) is 19.3. The van der Waals surface area contributed by atoms with Gasteiger partial charge in [-0.2, -0.15) is 0 Å². The Hall–Kier alpha value is -3.82. The highest BCUT2D eigenvalue weighted by Crippen LogP contribution is 2.39. The van der Waals surface area contributed by atoms with Crippen molar-refractivity contribution in [3.05, 3.63) is 88.4 Å². The summed E-state index contributed by atoms with van der Waals surface area (Å²) in [5.74, 6) is -1.20. The molecule has 0 atom stereocenters. The number of carboxylic acids is 1. The SMILES string of the molecule is CN(c1ccc(N/C(=C2\C(=O)Nc3cc(Cl)ccc32)c2cccc(CCC(=O)O)c2)cc1)S(C)(=O)=O. The number of benzene rings is 3. The third-order valence-electron chi connectivity index (χ3n) is 5.82. The summed E-state index contributed by atoms with van der Waals surface area (Å²) < 4.78 is 24.9. The van der Waals surface area contributed by atoms with E-state index in [4.69, 9.17) is 16.7 Å². The van der Waals surface area contributed by atoms with Gasteiger partial charge in [-0.05, 0) is 60.0 Å². The lowest BCUT2D eigenvalue weighted by Gasteiger charge is -2.19. The van der Waals surface area contributed by atoms with Gasteiger partial charge in [0.05, 0.1) is 28.9 Å². The average Bonchev–Trinajstić information content (AvgIpc) is 3.15. The van der Waals surface area contributed by atoms with Gasteiger partial charge in [0, 0.05) is 29.7 Å². The van der Waals surface area contributed by atoms with Crippen molar-refractivity contribution in [2.75, 3.05) is 28.2 Å². The molecule has 1 aliphatic heterocycles. The zero-order valence-corrected chi connectivity index (χ0v) is 21.2. The molecule has 4 rings (SSSR count). The Bertz CT molecular complexity index is 1480. The van der Waals surface area contributed by atoms with Crippen LogP contribution in [0.3, 0.4) is 0 Å². The molecule has 3 N–H and O–H groups in total. The highest BCUT2D eigenvalue weighted by molar-refractivity contribution is 7.92. The lowest BCUT2D eigenvalue weighted by molar-refractivity contribution is -0.137. The van der Waals surface area contributed by atoms with Gasteiger partial charge in [-0.15, -0.1) is 0 Å². The number of hydrogen-bond donors (Lipinski definition) is 3. The van der Waals surface area contributed by atoms with E-state index in [0.29, 0.717) is 50.9 Å². The second-order valence-corrected chi connectivity index (χ2v) is 10.8. The van der Waals surface area contributed by atoms with Crippen molar-refractivity contribution in [3.8, 4) is 0 Å². The number of carbonyl (C=O) groups excluding carboxylic acids is 1. The molecule has 1 aliphatic rings. The standard InChI is InChI=1S/C26H24ClN3O5S/c1-30(36(2,34)35)20-10-8-19(9-11-20)28-25(17-5-3-4-16(14-17)6-13-23(31)32)24-21-12-7-18(27)15-22(21)29-26(24)33/h3-5,7-12,14-15,28H,6,13H2,1-2H3,(H,29,33)(H,31,32)/b25-24-. The maximum absolute atomic E-state index is 13.1. The van der Waals surface area contributed by atoms with Gasteiger partial charge in [0.2, 0.25) is 10.0 Å². The summed E-state index contributed by atoms with van der Waals surface area (Å²) in [5, 5.41) is 15.7. The molecule has 0 fully saturated rings. The first-order chi connectivity index (χ1) is 17.0. The Morgan fingerprint density at radius 2 is 1.81 bits per heavy atom. The van der Waals surface area contributed by atoms with Crippen LogP contribution in [0.2, 0.25) is 5.02 Å². The molecule has 0 saturated heterocycles. The van der Waals surface area contributed by atoms with E-state index in [1.54, 1.807) is 42.5 Å². The van der Waals surface area contributed by atoms with Gasteiger partial charge in [-0.25, -0.2) is 8.42 Å². The second-order valence-electron chi connectivity index (χ2n) is 8.39. The number of hydrogen-bond acceptors (Lipinski definition) is 5. The first-order valence-corrected chi connectivity index (χ1v) is 13.2. The molecule has 3 aromatic rings. The largest absolute Gasteiger partial charge is 0.481 e. The fourth-order valence-corrected chi connectivity index (χ4v) is 4.57. The molecular formula is C26H24ClN3O5S. The monoisotopic (exact) mass is 525 g/mol. The Morgan fingerprint density at radius 1 is 1.08 bits per heavy atom. The van der Waals surface area contributed by atoms with E-state index < -0.39 is 16.0 Å². The van der Waals surface area contributed by atoms with Crippen molar-refractivity contribution in [1.29, 1.82) is 0 Å². The van der Waals surface area contributed by atoms with Crippen LogP contribution in [-0.4, -0.2) is 38.7 Å². The molecule has 186 valence electrons. The van der Waals surface area contributed by atoms with Crippen molar-refractivity contribution in [2.45, 2.75) is 12.8 Å². The van der Waals surface area contributed by atoms with E-state index in [1.165, 1.54) is 11.4 Å². The molecule has 0 aromatic heterocycles. The molecule has 0 unspecified atom stereocenters. The van der Waals surface area contributed by atoms with Crippen LogP contribution in [0.25, 0.3) is 11.3 Å². The van der Waals surface area contributed by atoms with E-state index >= 15 is 0 Å². The van der Waals surface area contributed by atoms with E-state index in [0.717, 1.165) is 11.8 Å². The molecule has 0 spiro atoms. The lowest BCUT2D eigenvalue weighted by Crippen LogP contribution is -2.24. The normalized spacial score (nSPS) is 14.1. The van der Waals surface area contributed by atoms with Crippen LogP contribution in [0.1, 0.15) is 23.1 Å². The smallest absolute Gasteiger partial charge is 0.303 e. The fourth-order valence-electron chi connectivity index (χ4n) is 3.90. The zero-order valence-electron chi connectivity index (χ0n) is 19.6. The molecule has 36 heavy (non-hydrogen) atoms. The number of aryl methyl sites for hydroxylation is 1. The van der Waals surface area contributed by atoms with Gasteiger partial charge in [-0.1, -0.05) is 35.9 Å². The number of carboxylic acid groups (broad SMARTS) is 1. The third-order valence-corrected chi connectivity index (χ3v) is 7.26. The molecule has 0 saturated carbocycles. The summed E-state index contributed by atoms with van der Waals surface area (Å²) in [5.41, 5.74) is 4.84. The number of anilines is 3. The molecule has 1 amide bonds. The molecule has 3 aromatic carbocycles. The zero-order chi connectivity index (χ0) is 26.0. The maximum Gasteiger partial charge on any atom is 0.303 e. The highest BCUT2D eigenvalue weighted by atomic mass is 35.5. The van der Waals surface area contributed by atoms with Crippen molar-refractivity contribution < 1.29 is 23.1 Å². The molecule has 0 aliphatic carbocycles. The van der Waals surface area contributed by atoms with Crippen LogP contribution in [-0.2, 0) is 26.0 Å². The van der Waals surface area contributed by atoms with Crippen LogP contribution in [0.4, 0.5) is 17.1 Å². The number of aliphatic carboxylic acids is 1. The summed E-state index contributed by atoms with van der Waals surface area (Å²) in [6.45, 7) is 0. The van der Waals surface area contributed by atoms with E-state index in [-0.39, 0.29) is 12.3 Å². The Morgan fingerprint density at radius 3 is 2.47 bits per heavy atom. The Labute approximate surface area is 214 Å². The summed E-state index contributed by atoms with van der Waals surface area (Å²) in [4.78, 5) is 24.2. The lowest BCUT2D eigenvalue weighted by atomic mass is 9.97. The van der Waals surface area contributed by atoms with Crippen molar-refractivity contribution in [2.24, 2.45) is 0 Å². The predicted octanol–water partition coefficient (Wildman–Crippen LogP) is 4.69. The number of amides is 1. The number of carbonyl (C=O) groups is 2. The first kappa shape index (κ1) is 25.3. The minimum absolute atomic E-state index is 0.0140. The molecule has 1 heterocycles. The quantitative estimate of drug-likeness (QED) is 0.368. The summed E-state index contributed by atoms with van der Waals surface area (Å²) in [7, 11) is -1.94. The van der Waals surface area contributed by atoms with Gasteiger partial charge in [0.1, 0.15) is 0 Å². The van der Waals surface area contributed by atoms with Gasteiger partial charge in [-0.3, -0.25) is 13.9 Å². The van der Waals surface area contributed by atoms with Gasteiger partial charge in [0.25, 0.3) is 5.91 Å². The number of sulfonamides is 1. The number of nitrogens with one attached hydrogen (secondary N) is 2. The van der Waals surface area contributed by atoms with Gasteiger partial charge < -0.3 is 15.7 Å². The second kappa shape index (κ2) is 10.0. The topological polar surface area (TPSA) is 116 Å². The third kappa shape index (κ3) is 5.53. The number of rotatable bonds is 8. The average molecular weight is 526 g/mol. The number of nitrogens with zero attached hydrogens (tertiary/aromatic N) is 1. The van der Waals surface area contributed by atoms with Gasteiger partial charge >= 0.3 is 5.97 Å². The molecule has 0 radical (unpaired) electrons. The fraction of sp³-hybridized carbons (Fsp3) is 0.154. The van der Waals surface area contributed by atoms with Crippen LogP contribution in [0.15, 0.2) is 66.7 Å². The Balaban J connectivity index is 1.80. The van der Waals surface area contributed by atoms with Gasteiger partial charge in [0.15, 0.2) is 0 Å². The molecule has 8 nitrogen and oxygen atoms in total. The minimum atomic E-state index is -3.41. The van der Waals surface area contributed by atoms with Crippen molar-refractivity contribution in [1.82, 2.24) is 0 Å². The Kier molecular flexibility index (Phi) is 7.05. The predicted molar refractivity (Wildman–Crippen MR) is 143 cm³/mol. The highest BCUT2D eigenvalue weighted by Gasteiger charge is 2.29. The molecule has 0 bridgehead atoms.